The first-order valence-electron chi connectivity index (χ1n) is 10.6. The minimum absolute atomic E-state index is 0.854. The lowest BCUT2D eigenvalue weighted by Gasteiger charge is -2.18. The summed E-state index contributed by atoms with van der Waals surface area (Å²) in [6.45, 7) is 0. The molecule has 0 spiro atoms. The van der Waals surface area contributed by atoms with E-state index in [0.29, 0.717) is 0 Å². The summed E-state index contributed by atoms with van der Waals surface area (Å²) in [6.07, 6.45) is 5.67. The van der Waals surface area contributed by atoms with E-state index < -0.39 is 0 Å². The van der Waals surface area contributed by atoms with Gasteiger partial charge in [0.05, 0.1) is 12.6 Å². The number of hydrogen-bond acceptors (Lipinski definition) is 3. The van der Waals surface area contributed by atoms with E-state index in [0.717, 1.165) is 22.2 Å². The van der Waals surface area contributed by atoms with Gasteiger partial charge in [-0.05, 0) is 56.9 Å². The Kier molecular flexibility index (Phi) is 4.32. The Bertz CT molecular complexity index is 1540. The van der Waals surface area contributed by atoms with Gasteiger partial charge in [-0.15, -0.1) is 0 Å². The highest BCUT2D eigenvalue weighted by molar-refractivity contribution is 6.23. The van der Waals surface area contributed by atoms with E-state index in [4.69, 9.17) is 9.72 Å². The molecule has 3 heteroatoms. The highest BCUT2D eigenvalue weighted by Crippen LogP contribution is 2.44. The van der Waals surface area contributed by atoms with Crippen LogP contribution in [0.15, 0.2) is 104 Å². The lowest BCUT2D eigenvalue weighted by Crippen LogP contribution is -1.93. The lowest BCUT2D eigenvalue weighted by molar-refractivity contribution is 0.415. The molecule has 6 rings (SSSR count). The SMILES string of the molecule is COc1ccc(-c2c3ccccc3c(-c3cncc4cccnc34)c3ccccc23)cc1. The van der Waals surface area contributed by atoms with Crippen molar-refractivity contribution in [2.24, 2.45) is 0 Å². The molecular formula is C29H20N2O. The molecule has 0 N–H and O–H groups in total. The van der Waals surface area contributed by atoms with Gasteiger partial charge in [0.25, 0.3) is 0 Å². The second-order valence-corrected chi connectivity index (χ2v) is 7.83. The van der Waals surface area contributed by atoms with Crippen molar-refractivity contribution in [3.05, 3.63) is 104 Å². The Hall–Kier alpha value is -4.24. The maximum absolute atomic E-state index is 5.38. The van der Waals surface area contributed by atoms with Crippen LogP contribution in [0.25, 0.3) is 54.7 Å². The Morgan fingerprint density at radius 1 is 0.625 bits per heavy atom. The molecule has 0 aliphatic carbocycles. The van der Waals surface area contributed by atoms with Crippen LogP contribution in [0, 0.1) is 0 Å². The summed E-state index contributed by atoms with van der Waals surface area (Å²) in [5, 5.41) is 5.84. The maximum atomic E-state index is 5.38. The molecule has 0 unspecified atom stereocenters. The summed E-state index contributed by atoms with van der Waals surface area (Å²) in [4.78, 5) is 9.27. The van der Waals surface area contributed by atoms with Gasteiger partial charge in [-0.25, -0.2) is 0 Å². The number of ether oxygens (including phenoxy) is 1. The van der Waals surface area contributed by atoms with Crippen LogP contribution in [-0.4, -0.2) is 17.1 Å². The Morgan fingerprint density at radius 3 is 1.88 bits per heavy atom. The van der Waals surface area contributed by atoms with Crippen LogP contribution in [-0.2, 0) is 0 Å². The summed E-state index contributed by atoms with van der Waals surface area (Å²) in [5.41, 5.74) is 5.58. The van der Waals surface area contributed by atoms with Crippen molar-refractivity contribution in [1.29, 1.82) is 0 Å². The van der Waals surface area contributed by atoms with E-state index in [-0.39, 0.29) is 0 Å². The standard InChI is InChI=1S/C29H20N2O/c1-32-21-14-12-19(13-15-21)27-22-8-2-4-10-24(22)28(25-11-5-3-9-23(25)27)26-18-30-17-20-7-6-16-31-29(20)26/h2-18H,1H3. The quantitative estimate of drug-likeness (QED) is 0.287. The van der Waals surface area contributed by atoms with Crippen molar-refractivity contribution < 1.29 is 4.74 Å². The second kappa shape index (κ2) is 7.47. The normalized spacial score (nSPS) is 11.3. The summed E-state index contributed by atoms with van der Waals surface area (Å²) >= 11 is 0. The number of nitrogens with zero attached hydrogens (tertiary/aromatic N) is 2. The van der Waals surface area contributed by atoms with Gasteiger partial charge in [-0.1, -0.05) is 60.7 Å². The molecule has 0 amide bonds. The molecule has 6 aromatic rings. The summed E-state index contributed by atoms with van der Waals surface area (Å²) in [5.74, 6) is 0.854. The van der Waals surface area contributed by atoms with E-state index in [1.807, 2.05) is 36.8 Å². The Morgan fingerprint density at radius 2 is 1.25 bits per heavy atom. The van der Waals surface area contributed by atoms with E-state index in [2.05, 4.69) is 71.7 Å². The van der Waals surface area contributed by atoms with Crippen LogP contribution in [0.1, 0.15) is 0 Å². The third-order valence-corrected chi connectivity index (χ3v) is 6.09. The number of methoxy groups -OCH3 is 1. The number of benzene rings is 4. The first-order chi connectivity index (χ1) is 15.8. The molecule has 0 aliphatic heterocycles. The molecule has 2 heterocycles. The van der Waals surface area contributed by atoms with Crippen LogP contribution < -0.4 is 4.74 Å². The fraction of sp³-hybridized carbons (Fsp3) is 0.0345. The average molecular weight is 412 g/mol. The summed E-state index contributed by atoms with van der Waals surface area (Å²) in [7, 11) is 1.70. The number of aromatic nitrogens is 2. The molecule has 0 atom stereocenters. The molecule has 0 aliphatic rings. The first-order valence-corrected chi connectivity index (χ1v) is 10.6. The van der Waals surface area contributed by atoms with Gasteiger partial charge in [0, 0.05) is 35.1 Å². The van der Waals surface area contributed by atoms with E-state index >= 15 is 0 Å². The van der Waals surface area contributed by atoms with E-state index in [1.54, 1.807) is 7.11 Å². The average Bonchev–Trinajstić information content (AvgIpc) is 2.87. The fourth-order valence-corrected chi connectivity index (χ4v) is 4.67. The highest BCUT2D eigenvalue weighted by atomic mass is 16.5. The van der Waals surface area contributed by atoms with E-state index in [9.17, 15) is 0 Å². The van der Waals surface area contributed by atoms with Crippen molar-refractivity contribution in [3.63, 3.8) is 0 Å². The van der Waals surface area contributed by atoms with Gasteiger partial charge in [0.1, 0.15) is 5.75 Å². The molecule has 0 bridgehead atoms. The molecule has 0 fully saturated rings. The first kappa shape index (κ1) is 18.5. The second-order valence-electron chi connectivity index (χ2n) is 7.83. The number of hydrogen-bond donors (Lipinski definition) is 0. The minimum atomic E-state index is 0.854. The van der Waals surface area contributed by atoms with Crippen LogP contribution in [0.5, 0.6) is 5.75 Å². The Balaban J connectivity index is 1.78. The van der Waals surface area contributed by atoms with Crippen molar-refractivity contribution in [1.82, 2.24) is 9.97 Å². The van der Waals surface area contributed by atoms with Gasteiger partial charge in [-0.3, -0.25) is 9.97 Å². The largest absolute Gasteiger partial charge is 0.497 e. The molecule has 32 heavy (non-hydrogen) atoms. The van der Waals surface area contributed by atoms with E-state index in [1.165, 1.54) is 38.2 Å². The van der Waals surface area contributed by atoms with Gasteiger partial charge in [0.15, 0.2) is 0 Å². The lowest BCUT2D eigenvalue weighted by atomic mass is 9.86. The van der Waals surface area contributed by atoms with Crippen LogP contribution in [0.2, 0.25) is 0 Å². The Labute approximate surface area is 186 Å². The molecule has 4 aromatic carbocycles. The predicted octanol–water partition coefficient (Wildman–Crippen LogP) is 7.28. The van der Waals surface area contributed by atoms with Crippen LogP contribution in [0.3, 0.4) is 0 Å². The third kappa shape index (κ3) is 2.83. The molecule has 0 radical (unpaired) electrons. The van der Waals surface area contributed by atoms with Crippen molar-refractivity contribution in [2.75, 3.05) is 7.11 Å². The van der Waals surface area contributed by atoms with Crippen LogP contribution >= 0.6 is 0 Å². The van der Waals surface area contributed by atoms with Gasteiger partial charge in [0.2, 0.25) is 0 Å². The number of rotatable bonds is 3. The zero-order valence-electron chi connectivity index (χ0n) is 17.6. The third-order valence-electron chi connectivity index (χ3n) is 6.09. The highest BCUT2D eigenvalue weighted by Gasteiger charge is 2.18. The molecule has 0 saturated heterocycles. The zero-order valence-corrected chi connectivity index (χ0v) is 17.6. The summed E-state index contributed by atoms with van der Waals surface area (Å²) in [6, 6.07) is 29.5. The number of pyridine rings is 2. The zero-order chi connectivity index (χ0) is 21.5. The van der Waals surface area contributed by atoms with Gasteiger partial charge >= 0.3 is 0 Å². The predicted molar refractivity (Wildman–Crippen MR) is 132 cm³/mol. The molecule has 152 valence electrons. The topological polar surface area (TPSA) is 35.0 Å². The van der Waals surface area contributed by atoms with Crippen molar-refractivity contribution in [2.45, 2.75) is 0 Å². The van der Waals surface area contributed by atoms with Crippen molar-refractivity contribution in [3.8, 4) is 28.0 Å². The smallest absolute Gasteiger partial charge is 0.118 e. The van der Waals surface area contributed by atoms with Gasteiger partial charge < -0.3 is 4.74 Å². The minimum Gasteiger partial charge on any atom is -0.497 e. The van der Waals surface area contributed by atoms with Crippen molar-refractivity contribution >= 4 is 32.4 Å². The monoisotopic (exact) mass is 412 g/mol. The molecule has 0 saturated carbocycles. The maximum Gasteiger partial charge on any atom is 0.118 e. The van der Waals surface area contributed by atoms with Gasteiger partial charge in [-0.2, -0.15) is 0 Å². The molecule has 2 aromatic heterocycles. The number of fused-ring (bicyclic) bond motifs is 3. The molecule has 3 nitrogen and oxygen atoms in total. The van der Waals surface area contributed by atoms with Crippen LogP contribution in [0.4, 0.5) is 0 Å². The molecular weight excluding hydrogens is 392 g/mol. The fourth-order valence-electron chi connectivity index (χ4n) is 4.67. The summed E-state index contributed by atoms with van der Waals surface area (Å²) < 4.78 is 5.38.